The molecule has 0 spiro atoms. The zero-order valence-electron chi connectivity index (χ0n) is 5.94. The molecule has 0 aromatic heterocycles. The van der Waals surface area contributed by atoms with Crippen molar-refractivity contribution in [3.63, 3.8) is 0 Å². The summed E-state index contributed by atoms with van der Waals surface area (Å²) in [6.45, 7) is 6.18. The van der Waals surface area contributed by atoms with Gasteiger partial charge in [0.15, 0.2) is 0 Å². The molecule has 1 atom stereocenters. The van der Waals surface area contributed by atoms with Gasteiger partial charge in [-0.15, -0.1) is 0 Å². The molecule has 1 heterocycles. The summed E-state index contributed by atoms with van der Waals surface area (Å²) >= 11 is 3.44. The van der Waals surface area contributed by atoms with Gasteiger partial charge < -0.3 is 4.90 Å². The van der Waals surface area contributed by atoms with Crippen molar-refractivity contribution in [3.8, 4) is 0 Å². The van der Waals surface area contributed by atoms with Crippen LogP contribution in [-0.4, -0.2) is 29.9 Å². The minimum absolute atomic E-state index is 0.934. The van der Waals surface area contributed by atoms with Crippen molar-refractivity contribution in [2.45, 2.75) is 13.3 Å². The number of hydrogen-bond acceptors (Lipinski definition) is 1. The Bertz CT molecular complexity index is 83.0. The molecule has 0 N–H and O–H groups in total. The van der Waals surface area contributed by atoms with Crippen LogP contribution in [0.5, 0.6) is 0 Å². The maximum absolute atomic E-state index is 3.44. The Balaban J connectivity index is 2.14. The van der Waals surface area contributed by atoms with Gasteiger partial charge >= 0.3 is 0 Å². The molecule has 0 aromatic carbocycles. The Morgan fingerprint density at radius 2 is 2.44 bits per heavy atom. The van der Waals surface area contributed by atoms with Crippen LogP contribution in [0, 0.1) is 5.92 Å². The highest BCUT2D eigenvalue weighted by Crippen LogP contribution is 2.14. The minimum atomic E-state index is 0.934. The summed E-state index contributed by atoms with van der Waals surface area (Å²) in [6.07, 6.45) is 1.40. The maximum atomic E-state index is 3.44. The fourth-order valence-corrected chi connectivity index (χ4v) is 1.85. The topological polar surface area (TPSA) is 3.24 Å². The van der Waals surface area contributed by atoms with Crippen LogP contribution in [0.3, 0.4) is 0 Å². The van der Waals surface area contributed by atoms with E-state index in [4.69, 9.17) is 0 Å². The van der Waals surface area contributed by atoms with E-state index in [1.54, 1.807) is 0 Å². The second-order valence-corrected chi connectivity index (χ2v) is 3.68. The maximum Gasteiger partial charge on any atom is 0.0159 e. The highest BCUT2D eigenvalue weighted by atomic mass is 79.9. The first-order valence-corrected chi connectivity index (χ1v) is 4.73. The third kappa shape index (κ3) is 2.26. The predicted octanol–water partition coefficient (Wildman–Crippen LogP) is 1.72. The normalized spacial score (nSPS) is 29.3. The Morgan fingerprint density at radius 3 is 2.89 bits per heavy atom. The molecule has 1 fully saturated rings. The molecule has 1 nitrogen and oxygen atoms in total. The second-order valence-electron chi connectivity index (χ2n) is 2.88. The summed E-state index contributed by atoms with van der Waals surface area (Å²) in [5, 5.41) is 1.12. The van der Waals surface area contributed by atoms with Gasteiger partial charge in [-0.3, -0.25) is 0 Å². The van der Waals surface area contributed by atoms with Crippen LogP contribution in [-0.2, 0) is 0 Å². The van der Waals surface area contributed by atoms with E-state index < -0.39 is 0 Å². The number of halogens is 1. The Labute approximate surface area is 65.6 Å². The van der Waals surface area contributed by atoms with Gasteiger partial charge in [0.1, 0.15) is 0 Å². The van der Waals surface area contributed by atoms with Crippen molar-refractivity contribution in [1.29, 1.82) is 0 Å². The molecule has 0 bridgehead atoms. The van der Waals surface area contributed by atoms with Crippen LogP contribution >= 0.6 is 15.9 Å². The number of rotatable bonds is 2. The van der Waals surface area contributed by atoms with E-state index in [9.17, 15) is 0 Å². The van der Waals surface area contributed by atoms with Gasteiger partial charge in [-0.25, -0.2) is 0 Å². The van der Waals surface area contributed by atoms with Crippen LogP contribution in [0.4, 0.5) is 0 Å². The first-order chi connectivity index (χ1) is 4.33. The van der Waals surface area contributed by atoms with Crippen molar-refractivity contribution in [2.75, 3.05) is 25.0 Å². The first-order valence-electron chi connectivity index (χ1n) is 3.61. The Hall–Kier alpha value is 0.440. The molecule has 0 saturated carbocycles. The van der Waals surface area contributed by atoms with E-state index in [0.29, 0.717) is 0 Å². The molecule has 0 aromatic rings. The predicted molar refractivity (Wildman–Crippen MR) is 44.0 cm³/mol. The van der Waals surface area contributed by atoms with E-state index in [2.05, 4.69) is 27.8 Å². The molecule has 2 heteroatoms. The van der Waals surface area contributed by atoms with Crippen LogP contribution in [0.25, 0.3) is 0 Å². The van der Waals surface area contributed by atoms with E-state index in [-0.39, 0.29) is 0 Å². The van der Waals surface area contributed by atoms with Crippen LogP contribution in [0.2, 0.25) is 0 Å². The lowest BCUT2D eigenvalue weighted by atomic mass is 10.2. The quantitative estimate of drug-likeness (QED) is 0.602. The fourth-order valence-electron chi connectivity index (χ4n) is 1.35. The number of alkyl halides is 1. The summed E-state index contributed by atoms with van der Waals surface area (Å²) < 4.78 is 0. The number of likely N-dealkylation sites (tertiary alicyclic amines) is 1. The third-order valence-corrected chi connectivity index (χ3v) is 2.26. The highest BCUT2D eigenvalue weighted by Gasteiger charge is 2.16. The summed E-state index contributed by atoms with van der Waals surface area (Å²) in [5.41, 5.74) is 0. The first kappa shape index (κ1) is 7.55. The molecule has 1 rings (SSSR count). The van der Waals surface area contributed by atoms with E-state index in [1.807, 2.05) is 0 Å². The number of hydrogen-bond donors (Lipinski definition) is 0. The van der Waals surface area contributed by atoms with E-state index in [0.717, 1.165) is 11.2 Å². The van der Waals surface area contributed by atoms with Gasteiger partial charge in [-0.2, -0.15) is 0 Å². The Kier molecular flexibility index (Phi) is 2.99. The van der Waals surface area contributed by atoms with Gasteiger partial charge in [-0.1, -0.05) is 22.9 Å². The molecule has 0 amide bonds. The van der Waals surface area contributed by atoms with Crippen LogP contribution in [0.1, 0.15) is 13.3 Å². The van der Waals surface area contributed by atoms with Gasteiger partial charge in [0.2, 0.25) is 0 Å². The molecule has 0 aliphatic carbocycles. The zero-order valence-corrected chi connectivity index (χ0v) is 7.52. The molecule has 0 radical (unpaired) electrons. The average Bonchev–Trinajstić information content (AvgIpc) is 2.17. The minimum Gasteiger partial charge on any atom is -0.302 e. The second kappa shape index (κ2) is 3.57. The molecule has 9 heavy (non-hydrogen) atoms. The summed E-state index contributed by atoms with van der Waals surface area (Å²) in [6, 6.07) is 0. The molecule has 54 valence electrons. The van der Waals surface area contributed by atoms with Crippen LogP contribution < -0.4 is 0 Å². The van der Waals surface area contributed by atoms with E-state index >= 15 is 0 Å². The van der Waals surface area contributed by atoms with Crippen molar-refractivity contribution >= 4 is 15.9 Å². The number of nitrogens with zero attached hydrogens (tertiary/aromatic N) is 1. The van der Waals surface area contributed by atoms with Crippen molar-refractivity contribution in [1.82, 2.24) is 4.90 Å². The summed E-state index contributed by atoms with van der Waals surface area (Å²) in [4.78, 5) is 2.51. The average molecular weight is 192 g/mol. The Morgan fingerprint density at radius 1 is 1.67 bits per heavy atom. The lowest BCUT2D eigenvalue weighted by Gasteiger charge is -2.11. The SMILES string of the molecule is C[C@H]1CCN(CCBr)C1. The molecular formula is C7H14BrN. The smallest absolute Gasteiger partial charge is 0.0159 e. The largest absolute Gasteiger partial charge is 0.302 e. The summed E-state index contributed by atoms with van der Waals surface area (Å²) in [7, 11) is 0. The summed E-state index contributed by atoms with van der Waals surface area (Å²) in [5.74, 6) is 0.934. The van der Waals surface area contributed by atoms with Crippen LogP contribution in [0.15, 0.2) is 0 Å². The van der Waals surface area contributed by atoms with Gasteiger partial charge in [0, 0.05) is 18.4 Å². The molecule has 1 aliphatic heterocycles. The van der Waals surface area contributed by atoms with Crippen molar-refractivity contribution in [3.05, 3.63) is 0 Å². The third-order valence-electron chi connectivity index (χ3n) is 1.91. The standard InChI is InChI=1S/C7H14BrN/c1-7-2-4-9(6-7)5-3-8/h7H,2-6H2,1H3/t7-/m0/s1. The highest BCUT2D eigenvalue weighted by molar-refractivity contribution is 9.09. The van der Waals surface area contributed by atoms with Crippen molar-refractivity contribution < 1.29 is 0 Å². The van der Waals surface area contributed by atoms with E-state index in [1.165, 1.54) is 26.1 Å². The van der Waals surface area contributed by atoms with Gasteiger partial charge in [-0.05, 0) is 18.9 Å². The molecular weight excluding hydrogens is 178 g/mol. The monoisotopic (exact) mass is 191 g/mol. The molecule has 1 saturated heterocycles. The zero-order chi connectivity index (χ0) is 6.69. The lowest BCUT2D eigenvalue weighted by molar-refractivity contribution is 0.350. The van der Waals surface area contributed by atoms with Gasteiger partial charge in [0.25, 0.3) is 0 Å². The molecule has 1 aliphatic rings. The molecule has 0 unspecified atom stereocenters. The fraction of sp³-hybridized carbons (Fsp3) is 1.00. The van der Waals surface area contributed by atoms with Crippen molar-refractivity contribution in [2.24, 2.45) is 5.92 Å². The lowest BCUT2D eigenvalue weighted by Crippen LogP contribution is -2.22. The van der Waals surface area contributed by atoms with Gasteiger partial charge in [0.05, 0.1) is 0 Å².